The Balaban J connectivity index is 1.17. The summed E-state index contributed by atoms with van der Waals surface area (Å²) < 4.78 is 5.37. The molecule has 0 atom stereocenters. The third-order valence-corrected chi connectivity index (χ3v) is 7.58. The van der Waals surface area contributed by atoms with E-state index in [1.165, 1.54) is 24.0 Å². The predicted octanol–water partition coefficient (Wildman–Crippen LogP) is 4.54. The highest BCUT2D eigenvalue weighted by atomic mass is 32.1. The summed E-state index contributed by atoms with van der Waals surface area (Å²) in [6.45, 7) is 9.60. The number of aromatic nitrogens is 2. The quantitative estimate of drug-likeness (QED) is 0.609. The number of likely N-dealkylation sites (tertiary alicyclic amines) is 1. The highest BCUT2D eigenvalue weighted by molar-refractivity contribution is 7.17. The molecule has 7 heteroatoms. The van der Waals surface area contributed by atoms with Gasteiger partial charge in [-0.05, 0) is 55.3 Å². The summed E-state index contributed by atoms with van der Waals surface area (Å²) in [5.41, 5.74) is 4.24. The number of fused-ring (bicyclic) bond motifs is 1. The molecule has 2 N–H and O–H groups in total. The summed E-state index contributed by atoms with van der Waals surface area (Å²) in [7, 11) is 0. The highest BCUT2D eigenvalue weighted by Crippen LogP contribution is 2.41. The second-order valence-electron chi connectivity index (χ2n) is 9.64. The molecule has 3 fully saturated rings. The number of benzene rings is 1. The van der Waals surface area contributed by atoms with E-state index in [0.29, 0.717) is 11.4 Å². The van der Waals surface area contributed by atoms with Gasteiger partial charge in [0.05, 0.1) is 18.6 Å². The summed E-state index contributed by atoms with van der Waals surface area (Å²) in [6.07, 6.45) is 2.38. The van der Waals surface area contributed by atoms with Gasteiger partial charge in [-0.3, -0.25) is 4.90 Å². The molecule has 0 unspecified atom stereocenters. The lowest BCUT2D eigenvalue weighted by molar-refractivity contribution is -0.191. The van der Waals surface area contributed by atoms with E-state index in [-0.39, 0.29) is 5.54 Å². The van der Waals surface area contributed by atoms with Crippen LogP contribution in [0.5, 0.6) is 0 Å². The molecule has 3 aromatic rings. The first kappa shape index (κ1) is 18.5. The molecule has 1 saturated carbocycles. The number of rotatable bonds is 6. The minimum atomic E-state index is 0.176. The average molecular weight is 422 g/mol. The van der Waals surface area contributed by atoms with Crippen LogP contribution in [0.1, 0.15) is 30.9 Å². The van der Waals surface area contributed by atoms with Gasteiger partial charge in [0.2, 0.25) is 5.95 Å². The van der Waals surface area contributed by atoms with Gasteiger partial charge in [-0.1, -0.05) is 12.1 Å². The van der Waals surface area contributed by atoms with E-state index in [9.17, 15) is 0 Å². The molecular formula is C23H27N5OS. The second kappa shape index (κ2) is 6.64. The fourth-order valence-electron chi connectivity index (χ4n) is 4.50. The van der Waals surface area contributed by atoms with Crippen molar-refractivity contribution in [3.63, 3.8) is 0 Å². The number of thiophene rings is 1. The van der Waals surface area contributed by atoms with Crippen LogP contribution in [0.2, 0.25) is 0 Å². The summed E-state index contributed by atoms with van der Waals surface area (Å²) in [5, 5.41) is 10.4. The van der Waals surface area contributed by atoms with Crippen molar-refractivity contribution in [1.29, 1.82) is 0 Å². The van der Waals surface area contributed by atoms with Crippen LogP contribution in [0, 0.1) is 12.3 Å². The lowest BCUT2D eigenvalue weighted by Gasteiger charge is -2.55. The molecule has 0 radical (unpaired) electrons. The van der Waals surface area contributed by atoms with E-state index in [1.807, 2.05) is 0 Å². The van der Waals surface area contributed by atoms with Crippen LogP contribution in [0.15, 0.2) is 29.6 Å². The van der Waals surface area contributed by atoms with Crippen LogP contribution in [-0.4, -0.2) is 46.7 Å². The Morgan fingerprint density at radius 2 is 1.90 bits per heavy atom. The van der Waals surface area contributed by atoms with Gasteiger partial charge in [0.15, 0.2) is 0 Å². The number of aryl methyl sites for hydroxylation is 1. The predicted molar refractivity (Wildman–Crippen MR) is 122 cm³/mol. The smallest absolute Gasteiger partial charge is 0.230 e. The number of ether oxygens (including phenoxy) is 1. The molecule has 6 rings (SSSR count). The maximum atomic E-state index is 5.37. The summed E-state index contributed by atoms with van der Waals surface area (Å²) in [5.74, 6) is 1.60. The number of nitrogens with zero attached hydrogens (tertiary/aromatic N) is 3. The molecule has 3 aliphatic rings. The number of hydrogen-bond donors (Lipinski definition) is 2. The van der Waals surface area contributed by atoms with Gasteiger partial charge in [0.1, 0.15) is 10.6 Å². The van der Waals surface area contributed by atoms with Crippen LogP contribution >= 0.6 is 11.3 Å². The molecule has 2 aromatic heterocycles. The zero-order chi connectivity index (χ0) is 20.3. The number of nitrogens with one attached hydrogen (secondary N) is 2. The largest absolute Gasteiger partial charge is 0.380 e. The summed E-state index contributed by atoms with van der Waals surface area (Å²) in [4.78, 5) is 13.1. The Morgan fingerprint density at radius 1 is 1.13 bits per heavy atom. The summed E-state index contributed by atoms with van der Waals surface area (Å²) >= 11 is 1.68. The molecule has 0 amide bonds. The SMILES string of the molecule is Cc1csc2nc(Nc3ccc(CN4CC5(COC5)C4)cc3)nc(NC3(C)CC3)c12. The molecule has 0 bridgehead atoms. The number of hydrogen-bond acceptors (Lipinski definition) is 7. The molecule has 6 nitrogen and oxygen atoms in total. The van der Waals surface area contributed by atoms with Crippen molar-refractivity contribution in [2.75, 3.05) is 36.9 Å². The van der Waals surface area contributed by atoms with Crippen molar-refractivity contribution in [3.8, 4) is 0 Å². The van der Waals surface area contributed by atoms with Crippen LogP contribution in [0.25, 0.3) is 10.2 Å². The first-order valence-electron chi connectivity index (χ1n) is 10.7. The lowest BCUT2D eigenvalue weighted by atomic mass is 9.78. The van der Waals surface area contributed by atoms with Gasteiger partial charge < -0.3 is 15.4 Å². The Bertz CT molecular complexity index is 1090. The first-order chi connectivity index (χ1) is 14.5. The Kier molecular flexibility index (Phi) is 4.10. The van der Waals surface area contributed by atoms with Crippen LogP contribution in [0.3, 0.4) is 0 Å². The maximum absolute atomic E-state index is 5.37. The van der Waals surface area contributed by atoms with Gasteiger partial charge in [0, 0.05) is 36.3 Å². The van der Waals surface area contributed by atoms with E-state index < -0.39 is 0 Å². The highest BCUT2D eigenvalue weighted by Gasteiger charge is 2.48. The van der Waals surface area contributed by atoms with Gasteiger partial charge in [0.25, 0.3) is 0 Å². The lowest BCUT2D eigenvalue weighted by Crippen LogP contribution is -2.65. The van der Waals surface area contributed by atoms with E-state index >= 15 is 0 Å². The standard InChI is InChI=1S/C23H27N5OS/c1-15-10-30-20-18(15)19(27-22(2)7-8-22)25-21(26-20)24-17-5-3-16(4-6-17)9-28-11-23(12-28)13-29-14-23/h3-6,10H,7-9,11-14H2,1-2H3,(H2,24,25,26,27). The minimum absolute atomic E-state index is 0.176. The van der Waals surface area contributed by atoms with Gasteiger partial charge in [-0.15, -0.1) is 11.3 Å². The van der Waals surface area contributed by atoms with Crippen molar-refractivity contribution in [2.45, 2.75) is 38.8 Å². The molecule has 1 aliphatic carbocycles. The zero-order valence-corrected chi connectivity index (χ0v) is 18.3. The van der Waals surface area contributed by atoms with Crippen LogP contribution in [0.4, 0.5) is 17.5 Å². The van der Waals surface area contributed by atoms with Gasteiger partial charge in [-0.25, -0.2) is 4.98 Å². The van der Waals surface area contributed by atoms with Gasteiger partial charge in [-0.2, -0.15) is 4.98 Å². The van der Waals surface area contributed by atoms with Gasteiger partial charge >= 0.3 is 0 Å². The van der Waals surface area contributed by atoms with E-state index in [1.54, 1.807) is 11.3 Å². The maximum Gasteiger partial charge on any atom is 0.230 e. The molecule has 2 saturated heterocycles. The molecule has 30 heavy (non-hydrogen) atoms. The van der Waals surface area contributed by atoms with Crippen molar-refractivity contribution < 1.29 is 4.74 Å². The minimum Gasteiger partial charge on any atom is -0.380 e. The third kappa shape index (κ3) is 3.35. The molecule has 4 heterocycles. The fraction of sp³-hybridized carbons (Fsp3) is 0.478. The molecular weight excluding hydrogens is 394 g/mol. The van der Waals surface area contributed by atoms with Crippen molar-refractivity contribution in [1.82, 2.24) is 14.9 Å². The third-order valence-electron chi connectivity index (χ3n) is 6.59. The topological polar surface area (TPSA) is 62.3 Å². The average Bonchev–Trinajstić information content (AvgIpc) is 3.26. The normalized spacial score (nSPS) is 21.3. The molecule has 156 valence electrons. The van der Waals surface area contributed by atoms with Crippen LogP contribution < -0.4 is 10.6 Å². The van der Waals surface area contributed by atoms with Crippen LogP contribution in [-0.2, 0) is 11.3 Å². The second-order valence-corrected chi connectivity index (χ2v) is 10.5. The van der Waals surface area contributed by atoms with Crippen molar-refractivity contribution in [2.24, 2.45) is 5.41 Å². The fourth-order valence-corrected chi connectivity index (χ4v) is 5.42. The van der Waals surface area contributed by atoms with Crippen molar-refractivity contribution in [3.05, 3.63) is 40.8 Å². The van der Waals surface area contributed by atoms with E-state index in [2.05, 4.69) is 59.0 Å². The molecule has 1 aromatic carbocycles. The Labute approximate surface area is 180 Å². The monoisotopic (exact) mass is 421 g/mol. The first-order valence-corrected chi connectivity index (χ1v) is 11.6. The number of anilines is 3. The molecule has 2 aliphatic heterocycles. The summed E-state index contributed by atoms with van der Waals surface area (Å²) in [6, 6.07) is 8.64. The van der Waals surface area contributed by atoms with E-state index in [4.69, 9.17) is 14.7 Å². The van der Waals surface area contributed by atoms with Crippen molar-refractivity contribution >= 4 is 39.0 Å². The van der Waals surface area contributed by atoms with E-state index in [0.717, 1.165) is 54.6 Å². The Hall–Kier alpha value is -2.22. The zero-order valence-electron chi connectivity index (χ0n) is 17.5. The molecule has 1 spiro atoms. The Morgan fingerprint density at radius 3 is 2.57 bits per heavy atom.